The molecule has 0 N–H and O–H groups in total. The van der Waals surface area contributed by atoms with Crippen LogP contribution >= 0.6 is 0 Å². The van der Waals surface area contributed by atoms with Crippen LogP contribution in [0.25, 0.3) is 0 Å². The second-order valence-electron chi connectivity index (χ2n) is 5.07. The molecule has 4 heteroatoms. The SMILES string of the molecule is CCOC(=O)C(=O)CC(=O)C(C)CCCc1ccccc1. The number of Topliss-reactive ketones (excluding diaryl/α,β-unsaturated/α-hetero) is 2. The molecule has 0 heterocycles. The summed E-state index contributed by atoms with van der Waals surface area (Å²) in [5, 5.41) is 0. The molecule has 21 heavy (non-hydrogen) atoms. The van der Waals surface area contributed by atoms with Crippen LogP contribution in [0.15, 0.2) is 30.3 Å². The van der Waals surface area contributed by atoms with Crippen molar-refractivity contribution in [3.05, 3.63) is 35.9 Å². The zero-order chi connectivity index (χ0) is 15.7. The van der Waals surface area contributed by atoms with E-state index in [-0.39, 0.29) is 24.7 Å². The standard InChI is InChI=1S/C17H22O4/c1-3-21-17(20)16(19)12-15(18)13(2)8-7-11-14-9-5-4-6-10-14/h4-6,9-10,13H,3,7-8,11-12H2,1-2H3. The lowest BCUT2D eigenvalue weighted by molar-refractivity contribution is -0.154. The molecule has 1 unspecified atom stereocenters. The Hall–Kier alpha value is -1.97. The maximum absolute atomic E-state index is 11.9. The topological polar surface area (TPSA) is 60.4 Å². The zero-order valence-corrected chi connectivity index (χ0v) is 12.6. The third-order valence-electron chi connectivity index (χ3n) is 3.33. The average Bonchev–Trinajstić information content (AvgIpc) is 2.48. The summed E-state index contributed by atoms with van der Waals surface area (Å²) in [6.07, 6.45) is 2.14. The summed E-state index contributed by atoms with van der Waals surface area (Å²) in [7, 11) is 0. The zero-order valence-electron chi connectivity index (χ0n) is 12.6. The van der Waals surface area contributed by atoms with Crippen LogP contribution in [-0.4, -0.2) is 24.1 Å². The van der Waals surface area contributed by atoms with Crippen LogP contribution < -0.4 is 0 Å². The minimum absolute atomic E-state index is 0.144. The van der Waals surface area contributed by atoms with Gasteiger partial charge in [-0.1, -0.05) is 37.3 Å². The van der Waals surface area contributed by atoms with Gasteiger partial charge in [0.25, 0.3) is 0 Å². The number of aryl methyl sites for hydroxylation is 1. The Balaban J connectivity index is 2.31. The van der Waals surface area contributed by atoms with Crippen molar-refractivity contribution >= 4 is 17.5 Å². The summed E-state index contributed by atoms with van der Waals surface area (Å²) in [4.78, 5) is 34.5. The molecule has 0 saturated heterocycles. The Morgan fingerprint density at radius 3 is 2.43 bits per heavy atom. The molecule has 0 radical (unpaired) electrons. The number of benzene rings is 1. The molecule has 0 aromatic heterocycles. The molecule has 0 fully saturated rings. The highest BCUT2D eigenvalue weighted by molar-refractivity contribution is 6.37. The first-order valence-corrected chi connectivity index (χ1v) is 7.31. The van der Waals surface area contributed by atoms with Crippen LogP contribution in [0.2, 0.25) is 0 Å². The molecule has 0 aliphatic rings. The Morgan fingerprint density at radius 2 is 1.81 bits per heavy atom. The summed E-state index contributed by atoms with van der Waals surface area (Å²) < 4.78 is 4.58. The van der Waals surface area contributed by atoms with Gasteiger partial charge in [0.2, 0.25) is 5.78 Å². The van der Waals surface area contributed by atoms with Crippen molar-refractivity contribution < 1.29 is 19.1 Å². The number of esters is 1. The van der Waals surface area contributed by atoms with Crippen LogP contribution in [0.5, 0.6) is 0 Å². The predicted molar refractivity (Wildman–Crippen MR) is 79.8 cm³/mol. The second kappa shape index (κ2) is 9.06. The summed E-state index contributed by atoms with van der Waals surface area (Å²) in [6, 6.07) is 10.0. The van der Waals surface area contributed by atoms with E-state index in [1.807, 2.05) is 18.2 Å². The molecule has 0 aliphatic carbocycles. The van der Waals surface area contributed by atoms with E-state index in [2.05, 4.69) is 16.9 Å². The van der Waals surface area contributed by atoms with E-state index in [0.717, 1.165) is 12.8 Å². The Morgan fingerprint density at radius 1 is 1.14 bits per heavy atom. The van der Waals surface area contributed by atoms with Crippen LogP contribution in [0.3, 0.4) is 0 Å². The van der Waals surface area contributed by atoms with Gasteiger partial charge in [0.1, 0.15) is 5.78 Å². The van der Waals surface area contributed by atoms with Crippen LogP contribution in [0.1, 0.15) is 38.7 Å². The normalized spacial score (nSPS) is 11.7. The fourth-order valence-corrected chi connectivity index (χ4v) is 2.03. The summed E-state index contributed by atoms with van der Waals surface area (Å²) in [6.45, 7) is 3.57. The van der Waals surface area contributed by atoms with Crippen molar-refractivity contribution in [3.63, 3.8) is 0 Å². The molecule has 0 spiro atoms. The van der Waals surface area contributed by atoms with E-state index >= 15 is 0 Å². The van der Waals surface area contributed by atoms with Gasteiger partial charge in [0.05, 0.1) is 13.0 Å². The molecule has 1 aromatic carbocycles. The van der Waals surface area contributed by atoms with Gasteiger partial charge in [0, 0.05) is 5.92 Å². The number of ether oxygens (including phenoxy) is 1. The Bertz CT molecular complexity index is 479. The minimum atomic E-state index is -0.915. The Labute approximate surface area is 125 Å². The number of rotatable bonds is 9. The highest BCUT2D eigenvalue weighted by atomic mass is 16.5. The van der Waals surface area contributed by atoms with E-state index < -0.39 is 11.8 Å². The average molecular weight is 290 g/mol. The fourth-order valence-electron chi connectivity index (χ4n) is 2.03. The quantitative estimate of drug-likeness (QED) is 0.398. The van der Waals surface area contributed by atoms with Crippen molar-refractivity contribution in [1.82, 2.24) is 0 Å². The molecule has 0 aliphatic heterocycles. The van der Waals surface area contributed by atoms with Crippen molar-refractivity contribution in [3.8, 4) is 0 Å². The first kappa shape index (κ1) is 17.1. The summed E-state index contributed by atoms with van der Waals surface area (Å²) >= 11 is 0. The molecular weight excluding hydrogens is 268 g/mol. The van der Waals surface area contributed by atoms with E-state index in [4.69, 9.17) is 0 Å². The second-order valence-corrected chi connectivity index (χ2v) is 5.07. The highest BCUT2D eigenvalue weighted by Crippen LogP contribution is 2.13. The molecule has 1 atom stereocenters. The number of hydrogen-bond donors (Lipinski definition) is 0. The third-order valence-corrected chi connectivity index (χ3v) is 3.33. The highest BCUT2D eigenvalue weighted by Gasteiger charge is 2.22. The number of hydrogen-bond acceptors (Lipinski definition) is 4. The van der Waals surface area contributed by atoms with Gasteiger partial charge in [-0.25, -0.2) is 4.79 Å². The van der Waals surface area contributed by atoms with Crippen LogP contribution in [0.4, 0.5) is 0 Å². The third kappa shape index (κ3) is 6.34. The number of ketones is 2. The lowest BCUT2D eigenvalue weighted by Crippen LogP contribution is -2.23. The van der Waals surface area contributed by atoms with Crippen LogP contribution in [-0.2, 0) is 25.5 Å². The van der Waals surface area contributed by atoms with Gasteiger partial charge >= 0.3 is 5.97 Å². The number of carbonyl (C=O) groups excluding carboxylic acids is 3. The first-order valence-electron chi connectivity index (χ1n) is 7.31. The lowest BCUT2D eigenvalue weighted by atomic mass is 9.95. The number of carbonyl (C=O) groups is 3. The molecular formula is C17H22O4. The maximum atomic E-state index is 11.9. The van der Waals surface area contributed by atoms with E-state index in [9.17, 15) is 14.4 Å². The van der Waals surface area contributed by atoms with Crippen molar-refractivity contribution in [2.75, 3.05) is 6.61 Å². The van der Waals surface area contributed by atoms with Crippen molar-refractivity contribution in [2.45, 2.75) is 39.5 Å². The van der Waals surface area contributed by atoms with Gasteiger partial charge < -0.3 is 4.74 Å². The van der Waals surface area contributed by atoms with Crippen molar-refractivity contribution in [2.24, 2.45) is 5.92 Å². The smallest absolute Gasteiger partial charge is 0.375 e. The Kier molecular flexibility index (Phi) is 7.37. The van der Waals surface area contributed by atoms with Gasteiger partial charge in [0.15, 0.2) is 0 Å². The molecule has 1 rings (SSSR count). The first-order chi connectivity index (χ1) is 10.0. The lowest BCUT2D eigenvalue weighted by Gasteiger charge is -2.09. The van der Waals surface area contributed by atoms with Gasteiger partial charge in [-0.3, -0.25) is 9.59 Å². The molecule has 1 aromatic rings. The molecule has 0 bridgehead atoms. The predicted octanol–water partition coefficient (Wildman–Crippen LogP) is 2.74. The van der Waals surface area contributed by atoms with Gasteiger partial charge in [-0.05, 0) is 31.7 Å². The van der Waals surface area contributed by atoms with E-state index in [0.29, 0.717) is 6.42 Å². The molecule has 0 amide bonds. The summed E-state index contributed by atoms with van der Waals surface area (Å²) in [5.41, 5.74) is 1.24. The largest absolute Gasteiger partial charge is 0.460 e. The summed E-state index contributed by atoms with van der Waals surface area (Å²) in [5.74, 6) is -2.08. The van der Waals surface area contributed by atoms with Gasteiger partial charge in [-0.2, -0.15) is 0 Å². The van der Waals surface area contributed by atoms with Crippen molar-refractivity contribution in [1.29, 1.82) is 0 Å². The maximum Gasteiger partial charge on any atom is 0.375 e. The van der Waals surface area contributed by atoms with E-state index in [1.54, 1.807) is 13.8 Å². The monoisotopic (exact) mass is 290 g/mol. The molecule has 4 nitrogen and oxygen atoms in total. The van der Waals surface area contributed by atoms with Crippen LogP contribution in [0, 0.1) is 5.92 Å². The van der Waals surface area contributed by atoms with E-state index in [1.165, 1.54) is 5.56 Å². The van der Waals surface area contributed by atoms with Gasteiger partial charge in [-0.15, -0.1) is 0 Å². The fraction of sp³-hybridized carbons (Fsp3) is 0.471. The molecule has 0 saturated carbocycles. The molecule has 114 valence electrons. The minimum Gasteiger partial charge on any atom is -0.460 e.